The van der Waals surface area contributed by atoms with Crippen molar-refractivity contribution < 1.29 is 23.3 Å². The van der Waals surface area contributed by atoms with Gasteiger partial charge in [-0.15, -0.1) is 87.3 Å². The average Bonchev–Trinajstić information content (AvgIpc) is 3.68. The Kier molecular flexibility index (Phi) is 17.4. The van der Waals surface area contributed by atoms with Gasteiger partial charge >= 0.3 is 30.2 Å². The summed E-state index contributed by atoms with van der Waals surface area (Å²) in [5.41, 5.74) is 12.4. The van der Waals surface area contributed by atoms with Crippen LogP contribution in [-0.4, -0.2) is 6.88 Å². The predicted molar refractivity (Wildman–Crippen MR) is 228 cm³/mol. The van der Waals surface area contributed by atoms with Crippen molar-refractivity contribution >= 4 is 64.0 Å². The van der Waals surface area contributed by atoms with Crippen molar-refractivity contribution in [3.8, 4) is 22.3 Å². The van der Waals surface area contributed by atoms with Gasteiger partial charge in [0.15, 0.2) is 0 Å². The third-order valence-corrected chi connectivity index (χ3v) is 9.26. The van der Waals surface area contributed by atoms with E-state index in [1.807, 2.05) is 0 Å². The van der Waals surface area contributed by atoms with Gasteiger partial charge in [-0.25, -0.2) is 0 Å². The molecule has 0 N–H and O–H groups in total. The first-order chi connectivity index (χ1) is 22.0. The number of aryl methyl sites for hydroxylation is 3. The van der Waals surface area contributed by atoms with E-state index in [2.05, 4.69) is 178 Å². The van der Waals surface area contributed by atoms with Gasteiger partial charge in [0, 0.05) is 0 Å². The molecule has 0 saturated heterocycles. The van der Waals surface area contributed by atoms with Crippen molar-refractivity contribution in [3.05, 3.63) is 158 Å². The summed E-state index contributed by atoms with van der Waals surface area (Å²) in [6.45, 7) is 21.0. The Balaban J connectivity index is 0.000000443. The van der Waals surface area contributed by atoms with E-state index in [0.29, 0.717) is 5.92 Å². The van der Waals surface area contributed by atoms with Gasteiger partial charge in [0.1, 0.15) is 0 Å². The van der Waals surface area contributed by atoms with Gasteiger partial charge in [-0.05, 0) is 45.7 Å². The minimum atomic E-state index is 0. The Morgan fingerprint density at radius 2 is 1.22 bits per heavy atom. The molecule has 0 aliphatic rings. The molecular formula is C46H52Cl2SiZr-4. The number of rotatable bonds is 3. The average molecular weight is 795 g/mol. The molecule has 4 heteroatoms. The number of hydrogen-bond acceptors (Lipinski definition) is 0. The summed E-state index contributed by atoms with van der Waals surface area (Å²) in [6, 6.07) is 42.6. The van der Waals surface area contributed by atoms with Crippen LogP contribution in [0, 0.1) is 35.6 Å². The summed E-state index contributed by atoms with van der Waals surface area (Å²) >= 11 is 1.36. The van der Waals surface area contributed by atoms with E-state index in [4.69, 9.17) is 0 Å². The molecule has 0 unspecified atom stereocenters. The molecule has 7 aromatic rings. The molecule has 7 aromatic carbocycles. The van der Waals surface area contributed by atoms with E-state index in [1.54, 1.807) is 0 Å². The van der Waals surface area contributed by atoms with Crippen molar-refractivity contribution in [1.82, 2.24) is 0 Å². The Morgan fingerprint density at radius 1 is 0.620 bits per heavy atom. The van der Waals surface area contributed by atoms with E-state index >= 15 is 0 Å². The maximum absolute atomic E-state index is 3.06. The molecule has 50 heavy (non-hydrogen) atoms. The molecule has 0 heterocycles. The van der Waals surface area contributed by atoms with Crippen LogP contribution in [-0.2, 0) is 28.8 Å². The van der Waals surface area contributed by atoms with Crippen LogP contribution in [0.4, 0.5) is 0 Å². The van der Waals surface area contributed by atoms with E-state index in [9.17, 15) is 0 Å². The van der Waals surface area contributed by atoms with E-state index in [0.717, 1.165) is 0 Å². The SMILES string of the molecule is CC(C)c1cc2c(-c3ccc(C(C)(C)C)cc3)cccc2[cH-]1.Cc1cc2c(-c3cccc4ccccc34)cc(C)c(C)c2[cH-]1.Cl.Cl.[CH3-].[CH3-].[Si]=[Zr]. The fraction of sp³-hybridized carbons (Fsp3) is 0.217. The van der Waals surface area contributed by atoms with E-state index < -0.39 is 0 Å². The normalized spacial score (nSPS) is 10.5. The second-order valence-corrected chi connectivity index (χ2v) is 13.8. The van der Waals surface area contributed by atoms with Gasteiger partial charge in [-0.1, -0.05) is 144 Å². The van der Waals surface area contributed by atoms with Crippen molar-refractivity contribution in [2.24, 2.45) is 0 Å². The molecule has 0 bridgehead atoms. The third-order valence-electron chi connectivity index (χ3n) is 9.26. The Morgan fingerprint density at radius 3 is 1.86 bits per heavy atom. The first-order valence-electron chi connectivity index (χ1n) is 16.2. The summed E-state index contributed by atoms with van der Waals surface area (Å²) in [6.07, 6.45) is 0. The number of fused-ring (bicyclic) bond motifs is 3. The summed E-state index contributed by atoms with van der Waals surface area (Å²) in [7, 11) is 0. The first kappa shape index (κ1) is 45.3. The number of benzene rings is 5. The van der Waals surface area contributed by atoms with Crippen molar-refractivity contribution in [1.29, 1.82) is 0 Å². The molecule has 0 amide bonds. The zero-order valence-electron chi connectivity index (χ0n) is 31.4. The van der Waals surface area contributed by atoms with Gasteiger partial charge in [-0.2, -0.15) is 12.1 Å². The maximum atomic E-state index is 3.06. The van der Waals surface area contributed by atoms with Crippen LogP contribution in [0.2, 0.25) is 0 Å². The Labute approximate surface area is 331 Å². The van der Waals surface area contributed by atoms with Crippen molar-refractivity contribution in [3.63, 3.8) is 0 Å². The van der Waals surface area contributed by atoms with Crippen LogP contribution in [0.5, 0.6) is 0 Å². The van der Waals surface area contributed by atoms with Crippen LogP contribution in [0.15, 0.2) is 115 Å². The quantitative estimate of drug-likeness (QED) is 0.123. The van der Waals surface area contributed by atoms with Crippen LogP contribution >= 0.6 is 24.8 Å². The van der Waals surface area contributed by atoms with Gasteiger partial charge in [0.25, 0.3) is 0 Å². The molecule has 0 aliphatic carbocycles. The van der Waals surface area contributed by atoms with Crippen LogP contribution < -0.4 is 0 Å². The standard InChI is InChI=1S/C22H19.C22H25.2CH3.2ClH.Si.Zr/c1-14-11-20-16(3)15(2)13-22(21(20)12-14)19-10-6-8-17-7-4-5-9-18(17)19;1-15(2)18-13-17-7-6-8-20(21(17)14-18)16-9-11-19(12-10-16)22(3,4)5;;;;;;/h4-13H,1-3H3;6-15H,1-5H3;2*1H3;2*1H;;/q4*-1;;;;. The summed E-state index contributed by atoms with van der Waals surface area (Å²) < 4.78 is 0. The van der Waals surface area contributed by atoms with Gasteiger partial charge < -0.3 is 14.9 Å². The second-order valence-electron chi connectivity index (χ2n) is 13.8. The molecule has 0 nitrogen and oxygen atoms in total. The zero-order valence-corrected chi connectivity index (χ0v) is 36.5. The van der Waals surface area contributed by atoms with Gasteiger partial charge in [-0.3, -0.25) is 0 Å². The van der Waals surface area contributed by atoms with Crippen molar-refractivity contribution in [2.75, 3.05) is 0 Å². The molecule has 0 saturated carbocycles. The molecule has 0 fully saturated rings. The predicted octanol–water partition coefficient (Wildman–Crippen LogP) is 14.3. The van der Waals surface area contributed by atoms with Crippen LogP contribution in [0.3, 0.4) is 0 Å². The molecular weight excluding hydrogens is 743 g/mol. The fourth-order valence-electron chi connectivity index (χ4n) is 6.48. The fourth-order valence-corrected chi connectivity index (χ4v) is 6.48. The monoisotopic (exact) mass is 792 g/mol. The first-order valence-corrected chi connectivity index (χ1v) is 20.4. The van der Waals surface area contributed by atoms with Crippen molar-refractivity contribution in [2.45, 2.75) is 66.7 Å². The molecule has 0 atom stereocenters. The van der Waals surface area contributed by atoms with E-state index in [1.165, 1.54) is 106 Å². The minimum absolute atomic E-state index is 0. The Hall–Kier alpha value is -2.74. The number of hydrogen-bond donors (Lipinski definition) is 0. The van der Waals surface area contributed by atoms with Gasteiger partial charge in [0.05, 0.1) is 0 Å². The second kappa shape index (κ2) is 19.2. The topological polar surface area (TPSA) is 0 Å². The van der Waals surface area contributed by atoms with Crippen LogP contribution in [0.1, 0.15) is 68.4 Å². The molecule has 262 valence electrons. The molecule has 0 aliphatic heterocycles. The summed E-state index contributed by atoms with van der Waals surface area (Å²) in [5.74, 6) is 0.573. The molecule has 0 aromatic heterocycles. The third kappa shape index (κ3) is 9.57. The Bertz CT molecular complexity index is 2120. The number of halogens is 2. The van der Waals surface area contributed by atoms with Gasteiger partial charge in [0.2, 0.25) is 0 Å². The zero-order chi connectivity index (χ0) is 33.2. The summed E-state index contributed by atoms with van der Waals surface area (Å²) in [4.78, 5) is 0. The van der Waals surface area contributed by atoms with Crippen LogP contribution in [0.25, 0.3) is 54.6 Å². The van der Waals surface area contributed by atoms with E-state index in [-0.39, 0.29) is 45.1 Å². The molecule has 2 radical (unpaired) electrons. The molecule has 0 spiro atoms. The summed E-state index contributed by atoms with van der Waals surface area (Å²) in [5, 5.41) is 8.11. The molecule has 7 rings (SSSR count).